The Bertz CT molecular complexity index is 806. The van der Waals surface area contributed by atoms with Gasteiger partial charge in [-0.05, 0) is 74.5 Å². The molecular formula is C26H36N2O3. The van der Waals surface area contributed by atoms with E-state index in [0.29, 0.717) is 25.2 Å². The summed E-state index contributed by atoms with van der Waals surface area (Å²) in [6.07, 6.45) is 4.80. The van der Waals surface area contributed by atoms with Gasteiger partial charge < -0.3 is 14.6 Å². The van der Waals surface area contributed by atoms with E-state index in [9.17, 15) is 5.11 Å². The van der Waals surface area contributed by atoms with Gasteiger partial charge in [-0.2, -0.15) is 0 Å². The summed E-state index contributed by atoms with van der Waals surface area (Å²) in [4.78, 5) is 5.23. The first-order valence-electron chi connectivity index (χ1n) is 11.7. The number of rotatable bonds is 8. The highest BCUT2D eigenvalue weighted by Gasteiger charge is 2.28. The SMILES string of the molecule is COc1cc(CN2CCCC(N3CCC(CO)CC3)C2)ccc1OCc1ccccc1. The molecule has 5 heteroatoms. The molecule has 1 N–H and O–H groups in total. The molecule has 0 amide bonds. The average molecular weight is 425 g/mol. The summed E-state index contributed by atoms with van der Waals surface area (Å²) >= 11 is 0. The van der Waals surface area contributed by atoms with Gasteiger partial charge in [0.2, 0.25) is 0 Å². The maximum atomic E-state index is 9.40. The minimum Gasteiger partial charge on any atom is -0.493 e. The second kappa shape index (κ2) is 11.0. The van der Waals surface area contributed by atoms with E-state index in [2.05, 4.69) is 34.1 Å². The lowest BCUT2D eigenvalue weighted by molar-refractivity contribution is 0.0544. The molecule has 2 aromatic carbocycles. The Balaban J connectivity index is 1.33. The maximum absolute atomic E-state index is 9.40. The Hall–Kier alpha value is -2.08. The zero-order chi connectivity index (χ0) is 21.5. The molecular weight excluding hydrogens is 388 g/mol. The fraction of sp³-hybridized carbons (Fsp3) is 0.538. The molecule has 0 bridgehead atoms. The third-order valence-corrected chi connectivity index (χ3v) is 6.78. The van der Waals surface area contributed by atoms with Gasteiger partial charge in [0.15, 0.2) is 11.5 Å². The fourth-order valence-electron chi connectivity index (χ4n) is 4.90. The van der Waals surface area contributed by atoms with Crippen LogP contribution < -0.4 is 9.47 Å². The van der Waals surface area contributed by atoms with Crippen molar-refractivity contribution < 1.29 is 14.6 Å². The van der Waals surface area contributed by atoms with Crippen LogP contribution in [0.5, 0.6) is 11.5 Å². The smallest absolute Gasteiger partial charge is 0.161 e. The molecule has 0 aromatic heterocycles. The number of methoxy groups -OCH3 is 1. The normalized spacial score (nSPS) is 21.2. The molecule has 2 heterocycles. The van der Waals surface area contributed by atoms with Crippen LogP contribution in [0.15, 0.2) is 48.5 Å². The van der Waals surface area contributed by atoms with Gasteiger partial charge in [-0.15, -0.1) is 0 Å². The first-order valence-corrected chi connectivity index (χ1v) is 11.7. The third kappa shape index (κ3) is 6.00. The van der Waals surface area contributed by atoms with E-state index < -0.39 is 0 Å². The average Bonchev–Trinajstić information content (AvgIpc) is 2.84. The molecule has 2 aromatic rings. The van der Waals surface area contributed by atoms with Crippen LogP contribution in [-0.2, 0) is 13.2 Å². The fourth-order valence-corrected chi connectivity index (χ4v) is 4.90. The van der Waals surface area contributed by atoms with Crippen molar-refractivity contribution >= 4 is 0 Å². The minimum absolute atomic E-state index is 0.345. The lowest BCUT2D eigenvalue weighted by Crippen LogP contribution is -2.50. The molecule has 4 rings (SSSR count). The van der Waals surface area contributed by atoms with Crippen molar-refractivity contribution in [1.82, 2.24) is 9.80 Å². The van der Waals surface area contributed by atoms with Gasteiger partial charge in [-0.1, -0.05) is 36.4 Å². The molecule has 1 atom stereocenters. The molecule has 0 saturated carbocycles. The van der Waals surface area contributed by atoms with E-state index >= 15 is 0 Å². The van der Waals surface area contributed by atoms with Crippen molar-refractivity contribution in [2.75, 3.05) is 39.9 Å². The number of hydrogen-bond acceptors (Lipinski definition) is 5. The summed E-state index contributed by atoms with van der Waals surface area (Å²) in [5.74, 6) is 2.09. The monoisotopic (exact) mass is 424 g/mol. The summed E-state index contributed by atoms with van der Waals surface area (Å²) in [6.45, 7) is 6.36. The molecule has 0 radical (unpaired) electrons. The van der Waals surface area contributed by atoms with Gasteiger partial charge in [0.05, 0.1) is 7.11 Å². The van der Waals surface area contributed by atoms with Gasteiger partial charge in [0, 0.05) is 25.7 Å². The van der Waals surface area contributed by atoms with Crippen molar-refractivity contribution in [2.24, 2.45) is 5.92 Å². The van der Waals surface area contributed by atoms with Crippen molar-refractivity contribution in [3.05, 3.63) is 59.7 Å². The number of aliphatic hydroxyl groups excluding tert-OH is 1. The highest BCUT2D eigenvalue weighted by Crippen LogP contribution is 2.30. The van der Waals surface area contributed by atoms with Crippen LogP contribution >= 0.6 is 0 Å². The first-order chi connectivity index (χ1) is 15.2. The number of ether oxygens (including phenoxy) is 2. The minimum atomic E-state index is 0.345. The quantitative estimate of drug-likeness (QED) is 0.695. The van der Waals surface area contributed by atoms with Gasteiger partial charge in [-0.3, -0.25) is 9.80 Å². The molecule has 1 unspecified atom stereocenters. The molecule has 2 aliphatic rings. The Kier molecular flexibility index (Phi) is 7.84. The van der Waals surface area contributed by atoms with Crippen molar-refractivity contribution in [3.63, 3.8) is 0 Å². The van der Waals surface area contributed by atoms with Crippen molar-refractivity contribution in [3.8, 4) is 11.5 Å². The van der Waals surface area contributed by atoms with E-state index in [4.69, 9.17) is 9.47 Å². The number of nitrogens with zero attached hydrogens (tertiary/aromatic N) is 2. The van der Waals surface area contributed by atoms with E-state index in [0.717, 1.165) is 62.6 Å². The maximum Gasteiger partial charge on any atom is 0.161 e. The number of aliphatic hydroxyl groups is 1. The van der Waals surface area contributed by atoms with Crippen LogP contribution in [0, 0.1) is 5.92 Å². The van der Waals surface area contributed by atoms with E-state index in [-0.39, 0.29) is 0 Å². The molecule has 0 aliphatic carbocycles. The number of likely N-dealkylation sites (tertiary alicyclic amines) is 2. The molecule has 2 aliphatic heterocycles. The standard InChI is InChI=1S/C26H36N2O3/c1-30-26-16-23(9-10-25(26)31-20-22-6-3-2-4-7-22)17-27-13-5-8-24(18-27)28-14-11-21(19-29)12-15-28/h2-4,6-7,9-10,16,21,24,29H,5,8,11-15,17-20H2,1H3. The third-order valence-electron chi connectivity index (χ3n) is 6.78. The first kappa shape index (κ1) is 22.1. The van der Waals surface area contributed by atoms with Crippen LogP contribution in [0.25, 0.3) is 0 Å². The van der Waals surface area contributed by atoms with Crippen molar-refractivity contribution in [1.29, 1.82) is 0 Å². The summed E-state index contributed by atoms with van der Waals surface area (Å²) in [7, 11) is 1.71. The molecule has 5 nitrogen and oxygen atoms in total. The molecule has 31 heavy (non-hydrogen) atoms. The Morgan fingerprint density at radius 3 is 2.48 bits per heavy atom. The van der Waals surface area contributed by atoms with Crippen LogP contribution in [0.1, 0.15) is 36.8 Å². The molecule has 2 fully saturated rings. The second-order valence-electron chi connectivity index (χ2n) is 8.95. The number of piperidine rings is 2. The van der Waals surface area contributed by atoms with Crippen LogP contribution in [0.2, 0.25) is 0 Å². The van der Waals surface area contributed by atoms with Crippen LogP contribution in [0.4, 0.5) is 0 Å². The molecule has 0 spiro atoms. The van der Waals surface area contributed by atoms with Gasteiger partial charge in [-0.25, -0.2) is 0 Å². The predicted molar refractivity (Wildman–Crippen MR) is 123 cm³/mol. The zero-order valence-corrected chi connectivity index (χ0v) is 18.7. The zero-order valence-electron chi connectivity index (χ0n) is 18.7. The van der Waals surface area contributed by atoms with Crippen LogP contribution in [-0.4, -0.2) is 60.8 Å². The summed E-state index contributed by atoms with van der Waals surface area (Å²) in [6, 6.07) is 17.2. The highest BCUT2D eigenvalue weighted by molar-refractivity contribution is 5.43. The van der Waals surface area contributed by atoms with Crippen molar-refractivity contribution in [2.45, 2.75) is 44.9 Å². The summed E-state index contributed by atoms with van der Waals surface area (Å²) in [5.41, 5.74) is 2.42. The lowest BCUT2D eigenvalue weighted by Gasteiger charge is -2.42. The summed E-state index contributed by atoms with van der Waals surface area (Å²) < 4.78 is 11.6. The Morgan fingerprint density at radius 2 is 1.74 bits per heavy atom. The van der Waals surface area contributed by atoms with Gasteiger partial charge >= 0.3 is 0 Å². The number of benzene rings is 2. The van der Waals surface area contributed by atoms with E-state index in [1.165, 1.54) is 18.4 Å². The second-order valence-corrected chi connectivity index (χ2v) is 8.95. The van der Waals surface area contributed by atoms with E-state index in [1.54, 1.807) is 7.11 Å². The largest absolute Gasteiger partial charge is 0.493 e. The topological polar surface area (TPSA) is 45.2 Å². The Morgan fingerprint density at radius 1 is 0.935 bits per heavy atom. The van der Waals surface area contributed by atoms with Gasteiger partial charge in [0.1, 0.15) is 6.61 Å². The number of hydrogen-bond donors (Lipinski definition) is 1. The molecule has 168 valence electrons. The molecule has 2 saturated heterocycles. The van der Waals surface area contributed by atoms with Gasteiger partial charge in [0.25, 0.3) is 0 Å². The van der Waals surface area contributed by atoms with Crippen LogP contribution in [0.3, 0.4) is 0 Å². The highest BCUT2D eigenvalue weighted by atomic mass is 16.5. The Labute approximate surface area is 186 Å². The summed E-state index contributed by atoms with van der Waals surface area (Å²) in [5, 5.41) is 9.40. The lowest BCUT2D eigenvalue weighted by atomic mass is 9.94. The van der Waals surface area contributed by atoms with E-state index in [1.807, 2.05) is 24.3 Å². The predicted octanol–water partition coefficient (Wildman–Crippen LogP) is 3.94.